The fourth-order valence-electron chi connectivity index (χ4n) is 1.32. The summed E-state index contributed by atoms with van der Waals surface area (Å²) < 4.78 is 12.7. The molecular formula is C11H8FN3O3. The van der Waals surface area contributed by atoms with E-state index in [1.165, 1.54) is 12.1 Å². The number of aromatic hydroxyl groups is 1. The number of carbonyl (C=O) groups is 1. The predicted molar refractivity (Wildman–Crippen MR) is 60.9 cm³/mol. The van der Waals surface area contributed by atoms with Gasteiger partial charge in [-0.05, 0) is 24.3 Å². The third kappa shape index (κ3) is 2.34. The highest BCUT2D eigenvalue weighted by Gasteiger charge is 2.16. The average molecular weight is 249 g/mol. The van der Waals surface area contributed by atoms with Crippen LogP contribution in [0.1, 0.15) is 10.4 Å². The molecule has 2 rings (SSSR count). The van der Waals surface area contributed by atoms with Crippen molar-refractivity contribution in [2.24, 2.45) is 0 Å². The number of rotatable bonds is 2. The zero-order valence-corrected chi connectivity index (χ0v) is 8.98. The Morgan fingerprint density at radius 1 is 1.33 bits per heavy atom. The number of aromatic amines is 1. The number of H-pyrrole nitrogens is 1. The van der Waals surface area contributed by atoms with E-state index in [-0.39, 0.29) is 0 Å². The number of hydrogen-bond donors (Lipinski definition) is 3. The highest BCUT2D eigenvalue weighted by molar-refractivity contribution is 6.05. The van der Waals surface area contributed by atoms with Crippen molar-refractivity contribution >= 4 is 11.6 Å². The minimum Gasteiger partial charge on any atom is -0.493 e. The summed E-state index contributed by atoms with van der Waals surface area (Å²) in [5.41, 5.74) is -0.965. The van der Waals surface area contributed by atoms with Gasteiger partial charge in [0.2, 0.25) is 5.88 Å². The Hall–Kier alpha value is -2.70. The van der Waals surface area contributed by atoms with Crippen molar-refractivity contribution in [3.05, 3.63) is 52.3 Å². The number of nitrogens with one attached hydrogen (secondary N) is 2. The molecule has 0 aliphatic carbocycles. The monoisotopic (exact) mass is 249 g/mol. The minimum absolute atomic E-state index is 0.295. The van der Waals surface area contributed by atoms with Crippen LogP contribution in [-0.4, -0.2) is 21.0 Å². The van der Waals surface area contributed by atoms with Crippen LogP contribution in [0.3, 0.4) is 0 Å². The SMILES string of the molecule is O=C(Nc1ccc(F)cc1)c1c(O)nc[nH]c1=O. The normalized spacial score (nSPS) is 10.1. The molecule has 0 aliphatic rings. The molecule has 2 aromatic rings. The van der Waals surface area contributed by atoms with Gasteiger partial charge in [-0.15, -0.1) is 0 Å². The summed E-state index contributed by atoms with van der Waals surface area (Å²) >= 11 is 0. The van der Waals surface area contributed by atoms with Crippen LogP contribution in [0, 0.1) is 5.82 Å². The largest absolute Gasteiger partial charge is 0.493 e. The second-order valence-corrected chi connectivity index (χ2v) is 3.39. The highest BCUT2D eigenvalue weighted by Crippen LogP contribution is 2.12. The summed E-state index contributed by atoms with van der Waals surface area (Å²) in [6.45, 7) is 0. The van der Waals surface area contributed by atoms with Crippen LogP contribution in [0.4, 0.5) is 10.1 Å². The van der Waals surface area contributed by atoms with Crippen LogP contribution >= 0.6 is 0 Å². The maximum Gasteiger partial charge on any atom is 0.267 e. The topological polar surface area (TPSA) is 95.1 Å². The predicted octanol–water partition coefficient (Wildman–Crippen LogP) is 0.867. The smallest absolute Gasteiger partial charge is 0.267 e. The molecule has 92 valence electrons. The molecule has 0 aliphatic heterocycles. The Morgan fingerprint density at radius 3 is 2.61 bits per heavy atom. The summed E-state index contributed by atoms with van der Waals surface area (Å²) in [5.74, 6) is -1.94. The lowest BCUT2D eigenvalue weighted by molar-refractivity contribution is 0.102. The number of hydrogen-bond acceptors (Lipinski definition) is 4. The third-order valence-corrected chi connectivity index (χ3v) is 2.16. The van der Waals surface area contributed by atoms with E-state index >= 15 is 0 Å². The molecule has 0 radical (unpaired) electrons. The molecule has 0 saturated carbocycles. The Balaban J connectivity index is 2.28. The summed E-state index contributed by atoms with van der Waals surface area (Å²) in [7, 11) is 0. The molecule has 0 fully saturated rings. The molecular weight excluding hydrogens is 241 g/mol. The van der Waals surface area contributed by atoms with Gasteiger partial charge in [0.05, 0.1) is 6.33 Å². The van der Waals surface area contributed by atoms with E-state index in [4.69, 9.17) is 0 Å². The van der Waals surface area contributed by atoms with Crippen LogP contribution in [-0.2, 0) is 0 Å². The van der Waals surface area contributed by atoms with E-state index in [1.54, 1.807) is 0 Å². The standard InChI is InChI=1S/C11H8FN3O3/c12-6-1-3-7(4-2-6)15-11(18)8-9(16)13-5-14-10(8)17/h1-5H,(H,15,18)(H2,13,14,16,17). The number of aromatic nitrogens is 2. The maximum absolute atomic E-state index is 12.7. The van der Waals surface area contributed by atoms with Gasteiger partial charge < -0.3 is 15.4 Å². The summed E-state index contributed by atoms with van der Waals surface area (Å²) in [5, 5.41) is 11.7. The van der Waals surface area contributed by atoms with Crippen LogP contribution in [0.15, 0.2) is 35.4 Å². The van der Waals surface area contributed by atoms with Crippen LogP contribution in [0.2, 0.25) is 0 Å². The summed E-state index contributed by atoms with van der Waals surface area (Å²) in [4.78, 5) is 28.6. The van der Waals surface area contributed by atoms with Crippen molar-refractivity contribution in [1.29, 1.82) is 0 Å². The van der Waals surface area contributed by atoms with Gasteiger partial charge in [-0.2, -0.15) is 0 Å². The Bertz CT molecular complexity index is 637. The van der Waals surface area contributed by atoms with Crippen molar-refractivity contribution < 1.29 is 14.3 Å². The van der Waals surface area contributed by atoms with E-state index in [0.717, 1.165) is 18.5 Å². The fraction of sp³-hybridized carbons (Fsp3) is 0. The van der Waals surface area contributed by atoms with Gasteiger partial charge in [-0.1, -0.05) is 0 Å². The first kappa shape index (κ1) is 11.8. The van der Waals surface area contributed by atoms with Gasteiger partial charge in [-0.3, -0.25) is 9.59 Å². The lowest BCUT2D eigenvalue weighted by atomic mass is 10.2. The fourth-order valence-corrected chi connectivity index (χ4v) is 1.32. The van der Waals surface area contributed by atoms with Gasteiger partial charge in [-0.25, -0.2) is 9.37 Å². The molecule has 0 bridgehead atoms. The van der Waals surface area contributed by atoms with Crippen molar-refractivity contribution in [1.82, 2.24) is 9.97 Å². The molecule has 3 N–H and O–H groups in total. The van der Waals surface area contributed by atoms with Crippen molar-refractivity contribution in [2.75, 3.05) is 5.32 Å². The molecule has 1 heterocycles. The summed E-state index contributed by atoms with van der Waals surface area (Å²) in [6, 6.07) is 4.97. The lowest BCUT2D eigenvalue weighted by Crippen LogP contribution is -2.23. The van der Waals surface area contributed by atoms with Crippen LogP contribution < -0.4 is 10.9 Å². The number of halogens is 1. The zero-order chi connectivity index (χ0) is 13.1. The Kier molecular flexibility index (Phi) is 3.05. The first-order chi connectivity index (χ1) is 8.58. The maximum atomic E-state index is 12.7. The second kappa shape index (κ2) is 4.66. The summed E-state index contributed by atoms with van der Waals surface area (Å²) in [6.07, 6.45) is 0.979. The Morgan fingerprint density at radius 2 is 2.00 bits per heavy atom. The van der Waals surface area contributed by atoms with Gasteiger partial charge in [0.1, 0.15) is 5.82 Å². The molecule has 0 atom stereocenters. The number of carbonyl (C=O) groups excluding carboxylic acids is 1. The minimum atomic E-state index is -0.826. The number of nitrogens with zero attached hydrogens (tertiary/aromatic N) is 1. The van der Waals surface area contributed by atoms with Gasteiger partial charge >= 0.3 is 0 Å². The molecule has 18 heavy (non-hydrogen) atoms. The number of anilines is 1. The highest BCUT2D eigenvalue weighted by atomic mass is 19.1. The molecule has 0 saturated heterocycles. The molecule has 0 spiro atoms. The van der Waals surface area contributed by atoms with E-state index < -0.39 is 28.7 Å². The quantitative estimate of drug-likeness (QED) is 0.735. The molecule has 0 unspecified atom stereocenters. The van der Waals surface area contributed by atoms with Gasteiger partial charge in [0.15, 0.2) is 5.56 Å². The van der Waals surface area contributed by atoms with E-state index in [9.17, 15) is 19.1 Å². The van der Waals surface area contributed by atoms with Crippen molar-refractivity contribution in [3.8, 4) is 5.88 Å². The van der Waals surface area contributed by atoms with E-state index in [0.29, 0.717) is 5.69 Å². The molecule has 1 amide bonds. The van der Waals surface area contributed by atoms with Crippen LogP contribution in [0.5, 0.6) is 5.88 Å². The number of amides is 1. The number of benzene rings is 1. The van der Waals surface area contributed by atoms with Crippen molar-refractivity contribution in [3.63, 3.8) is 0 Å². The molecule has 1 aromatic heterocycles. The average Bonchev–Trinajstić information content (AvgIpc) is 2.32. The molecule has 6 nitrogen and oxygen atoms in total. The first-order valence-electron chi connectivity index (χ1n) is 4.91. The second-order valence-electron chi connectivity index (χ2n) is 3.39. The van der Waals surface area contributed by atoms with Crippen molar-refractivity contribution in [2.45, 2.75) is 0 Å². The first-order valence-corrected chi connectivity index (χ1v) is 4.91. The van der Waals surface area contributed by atoms with Gasteiger partial charge in [0.25, 0.3) is 11.5 Å². The zero-order valence-electron chi connectivity index (χ0n) is 8.98. The molecule has 1 aromatic carbocycles. The van der Waals surface area contributed by atoms with Crippen LogP contribution in [0.25, 0.3) is 0 Å². The van der Waals surface area contributed by atoms with E-state index in [1.807, 2.05) is 0 Å². The molecule has 7 heteroatoms. The van der Waals surface area contributed by atoms with E-state index in [2.05, 4.69) is 15.3 Å². The van der Waals surface area contributed by atoms with Gasteiger partial charge in [0, 0.05) is 5.69 Å². The lowest BCUT2D eigenvalue weighted by Gasteiger charge is -2.04. The third-order valence-electron chi connectivity index (χ3n) is 2.16. The Labute approximate surface area is 100 Å².